The molecule has 0 unspecified atom stereocenters. The van der Waals surface area contributed by atoms with Crippen molar-refractivity contribution in [3.63, 3.8) is 0 Å². The molecule has 2 heterocycles. The van der Waals surface area contributed by atoms with E-state index in [1.54, 1.807) is 0 Å². The summed E-state index contributed by atoms with van der Waals surface area (Å²) in [7, 11) is -3.37. The first kappa shape index (κ1) is 19.5. The predicted molar refractivity (Wildman–Crippen MR) is 104 cm³/mol. The van der Waals surface area contributed by atoms with Crippen molar-refractivity contribution in [2.75, 3.05) is 32.8 Å². The molecule has 1 aromatic carbocycles. The van der Waals surface area contributed by atoms with Gasteiger partial charge in [0, 0.05) is 26.2 Å². The summed E-state index contributed by atoms with van der Waals surface area (Å²) in [6, 6.07) is 9.18. The number of sulfonamides is 1. The van der Waals surface area contributed by atoms with Gasteiger partial charge in [-0.3, -0.25) is 19.4 Å². The zero-order valence-electron chi connectivity index (χ0n) is 16.0. The van der Waals surface area contributed by atoms with E-state index in [1.165, 1.54) is 9.21 Å². The highest BCUT2D eigenvalue weighted by molar-refractivity contribution is 7.88. The number of carbonyl (C=O) groups is 2. The smallest absolute Gasteiger partial charge is 0.234 e. The summed E-state index contributed by atoms with van der Waals surface area (Å²) in [6.45, 7) is 2.12. The fourth-order valence-corrected chi connectivity index (χ4v) is 6.11. The largest absolute Gasteiger partial charge is 0.283 e. The van der Waals surface area contributed by atoms with Crippen molar-refractivity contribution in [1.29, 1.82) is 0 Å². The number of piperazine rings is 1. The third-order valence-corrected chi connectivity index (χ3v) is 8.04. The number of amides is 2. The SMILES string of the molecule is O=C1[C@H]2CCCC[C@H]2C(=O)N1CN1CCN(S(=O)(=O)Cc2ccccc2)CC1. The lowest BCUT2D eigenvalue weighted by atomic mass is 9.81. The average Bonchev–Trinajstić information content (AvgIpc) is 2.94. The van der Waals surface area contributed by atoms with Gasteiger partial charge in [0.25, 0.3) is 0 Å². The van der Waals surface area contributed by atoms with Crippen molar-refractivity contribution in [3.05, 3.63) is 35.9 Å². The van der Waals surface area contributed by atoms with Gasteiger partial charge < -0.3 is 0 Å². The van der Waals surface area contributed by atoms with Gasteiger partial charge in [0.1, 0.15) is 0 Å². The second kappa shape index (κ2) is 7.93. The van der Waals surface area contributed by atoms with Crippen molar-refractivity contribution in [3.8, 4) is 0 Å². The number of carbonyl (C=O) groups excluding carboxylic acids is 2. The maximum Gasteiger partial charge on any atom is 0.234 e. The van der Waals surface area contributed by atoms with E-state index in [1.807, 2.05) is 35.2 Å². The van der Waals surface area contributed by atoms with E-state index in [2.05, 4.69) is 0 Å². The van der Waals surface area contributed by atoms with Gasteiger partial charge in [-0.2, -0.15) is 4.31 Å². The average molecular weight is 406 g/mol. The quantitative estimate of drug-likeness (QED) is 0.690. The highest BCUT2D eigenvalue weighted by Gasteiger charge is 2.48. The predicted octanol–water partition coefficient (Wildman–Crippen LogP) is 1.27. The normalized spacial score (nSPS) is 27.2. The monoisotopic (exact) mass is 405 g/mol. The molecule has 2 saturated heterocycles. The molecule has 28 heavy (non-hydrogen) atoms. The van der Waals surface area contributed by atoms with Crippen molar-refractivity contribution >= 4 is 21.8 Å². The molecule has 3 aliphatic rings. The van der Waals surface area contributed by atoms with Crippen LogP contribution in [0, 0.1) is 11.8 Å². The molecule has 0 spiro atoms. The van der Waals surface area contributed by atoms with E-state index in [0.29, 0.717) is 26.2 Å². The molecule has 7 nitrogen and oxygen atoms in total. The summed E-state index contributed by atoms with van der Waals surface area (Å²) in [6.07, 6.45) is 3.67. The Morgan fingerprint density at radius 2 is 1.43 bits per heavy atom. The Kier molecular flexibility index (Phi) is 5.53. The molecule has 0 radical (unpaired) electrons. The molecule has 1 aromatic rings. The van der Waals surface area contributed by atoms with E-state index in [9.17, 15) is 18.0 Å². The molecule has 1 aliphatic carbocycles. The molecule has 4 rings (SSSR count). The molecule has 152 valence electrons. The van der Waals surface area contributed by atoms with Crippen LogP contribution in [0.5, 0.6) is 0 Å². The van der Waals surface area contributed by atoms with Crippen LogP contribution in [0.4, 0.5) is 0 Å². The molecule has 2 aliphatic heterocycles. The molecule has 2 amide bonds. The van der Waals surface area contributed by atoms with Crippen LogP contribution in [0.2, 0.25) is 0 Å². The summed E-state index contributed by atoms with van der Waals surface area (Å²) < 4.78 is 26.9. The Bertz CT molecular complexity index is 810. The minimum Gasteiger partial charge on any atom is -0.283 e. The zero-order chi connectivity index (χ0) is 19.7. The summed E-state index contributed by atoms with van der Waals surface area (Å²) in [4.78, 5) is 28.7. The van der Waals surface area contributed by atoms with Gasteiger partial charge in [0.15, 0.2) is 0 Å². The summed E-state index contributed by atoms with van der Waals surface area (Å²) >= 11 is 0. The van der Waals surface area contributed by atoms with Gasteiger partial charge in [0.2, 0.25) is 21.8 Å². The Balaban J connectivity index is 1.33. The van der Waals surface area contributed by atoms with Crippen LogP contribution in [0.1, 0.15) is 31.2 Å². The van der Waals surface area contributed by atoms with Crippen LogP contribution in [-0.2, 0) is 25.4 Å². The summed E-state index contributed by atoms with van der Waals surface area (Å²) in [5, 5.41) is 0. The number of hydrogen-bond donors (Lipinski definition) is 0. The second-order valence-electron chi connectivity index (χ2n) is 8.00. The molecule has 0 N–H and O–H groups in total. The van der Waals surface area contributed by atoms with Crippen LogP contribution in [-0.4, -0.2) is 67.2 Å². The zero-order valence-corrected chi connectivity index (χ0v) is 16.8. The number of benzene rings is 1. The summed E-state index contributed by atoms with van der Waals surface area (Å²) in [5.74, 6) is -0.328. The first-order valence-corrected chi connectivity index (χ1v) is 11.7. The van der Waals surface area contributed by atoms with Crippen LogP contribution in [0.3, 0.4) is 0 Å². The Morgan fingerprint density at radius 1 is 0.857 bits per heavy atom. The van der Waals surface area contributed by atoms with Crippen LogP contribution in [0.25, 0.3) is 0 Å². The van der Waals surface area contributed by atoms with Crippen LogP contribution < -0.4 is 0 Å². The number of rotatable bonds is 5. The number of imide groups is 1. The minimum absolute atomic E-state index is 0.000294. The number of likely N-dealkylation sites (tertiary alicyclic amines) is 1. The molecule has 8 heteroatoms. The third kappa shape index (κ3) is 3.86. The van der Waals surface area contributed by atoms with Crippen molar-refractivity contribution < 1.29 is 18.0 Å². The van der Waals surface area contributed by atoms with Crippen molar-refractivity contribution in [2.24, 2.45) is 11.8 Å². The number of fused-ring (bicyclic) bond motifs is 1. The van der Waals surface area contributed by atoms with E-state index in [4.69, 9.17) is 0 Å². The van der Waals surface area contributed by atoms with Gasteiger partial charge >= 0.3 is 0 Å². The minimum atomic E-state index is -3.37. The van der Waals surface area contributed by atoms with E-state index >= 15 is 0 Å². The topological polar surface area (TPSA) is 78.0 Å². The van der Waals surface area contributed by atoms with Crippen molar-refractivity contribution in [2.45, 2.75) is 31.4 Å². The van der Waals surface area contributed by atoms with Gasteiger partial charge in [-0.1, -0.05) is 43.2 Å². The highest BCUT2D eigenvalue weighted by atomic mass is 32.2. The molecule has 1 saturated carbocycles. The van der Waals surface area contributed by atoms with E-state index in [-0.39, 0.29) is 36.1 Å². The lowest BCUT2D eigenvalue weighted by Gasteiger charge is -2.35. The van der Waals surface area contributed by atoms with Crippen LogP contribution >= 0.6 is 0 Å². The maximum absolute atomic E-state index is 12.7. The highest BCUT2D eigenvalue weighted by Crippen LogP contribution is 2.38. The third-order valence-electron chi connectivity index (χ3n) is 6.19. The molecule has 0 bridgehead atoms. The molecular formula is C20H27N3O4S. The lowest BCUT2D eigenvalue weighted by Crippen LogP contribution is -2.52. The van der Waals surface area contributed by atoms with Gasteiger partial charge in [-0.15, -0.1) is 0 Å². The maximum atomic E-state index is 12.7. The summed E-state index contributed by atoms with van der Waals surface area (Å²) in [5.41, 5.74) is 0.779. The van der Waals surface area contributed by atoms with E-state index in [0.717, 1.165) is 31.2 Å². The fourth-order valence-electron chi connectivity index (χ4n) is 4.60. The lowest BCUT2D eigenvalue weighted by molar-refractivity contribution is -0.142. The number of hydrogen-bond acceptors (Lipinski definition) is 5. The molecule has 0 aromatic heterocycles. The van der Waals surface area contributed by atoms with E-state index < -0.39 is 10.0 Å². The van der Waals surface area contributed by atoms with Gasteiger partial charge in [-0.05, 0) is 18.4 Å². The molecule has 3 fully saturated rings. The number of nitrogens with zero attached hydrogens (tertiary/aromatic N) is 3. The van der Waals surface area contributed by atoms with Crippen molar-refractivity contribution in [1.82, 2.24) is 14.1 Å². The first-order chi connectivity index (χ1) is 13.5. The van der Waals surface area contributed by atoms with Gasteiger partial charge in [-0.25, -0.2) is 8.42 Å². The standard InChI is InChI=1S/C20H27N3O4S/c24-19-17-8-4-5-9-18(17)20(25)23(19)15-21-10-12-22(13-11-21)28(26,27)14-16-6-2-1-3-7-16/h1-3,6-7,17-18H,4-5,8-15H2/t17-,18+. The molecular weight excluding hydrogens is 378 g/mol. The van der Waals surface area contributed by atoms with Gasteiger partial charge in [0.05, 0.1) is 24.3 Å². The first-order valence-electron chi connectivity index (χ1n) is 10.0. The Labute approximate surface area is 166 Å². The Hall–Kier alpha value is -1.77. The second-order valence-corrected chi connectivity index (χ2v) is 9.97. The van der Waals surface area contributed by atoms with Crippen LogP contribution in [0.15, 0.2) is 30.3 Å². The molecule has 2 atom stereocenters. The Morgan fingerprint density at radius 3 is 2.00 bits per heavy atom. The fraction of sp³-hybridized carbons (Fsp3) is 0.600.